The molecule has 0 saturated carbocycles. The summed E-state index contributed by atoms with van der Waals surface area (Å²) in [7, 11) is 3.13. The lowest BCUT2D eigenvalue weighted by atomic mass is 10.1. The minimum Gasteiger partial charge on any atom is -0.497 e. The lowest BCUT2D eigenvalue weighted by Gasteiger charge is -2.07. The maximum absolute atomic E-state index is 12.7. The second-order valence-electron chi connectivity index (χ2n) is 5.20. The lowest BCUT2D eigenvalue weighted by molar-refractivity contribution is 0.103. The topological polar surface area (TPSA) is 51.3 Å². The first-order chi connectivity index (χ1) is 10.6. The monoisotopic (exact) mass is 295 g/mol. The Morgan fingerprint density at radius 1 is 0.955 bits per heavy atom. The predicted octanol–water partition coefficient (Wildman–Crippen LogP) is 3.72. The molecule has 1 N–H and O–H groups in total. The maximum Gasteiger partial charge on any atom is 0.209 e. The van der Waals surface area contributed by atoms with Crippen molar-refractivity contribution in [3.63, 3.8) is 0 Å². The number of aryl methyl sites for hydroxylation is 1. The van der Waals surface area contributed by atoms with Crippen molar-refractivity contribution in [2.45, 2.75) is 6.92 Å². The van der Waals surface area contributed by atoms with E-state index < -0.39 is 0 Å². The summed E-state index contributed by atoms with van der Waals surface area (Å²) in [6, 6.07) is 13.1. The van der Waals surface area contributed by atoms with Gasteiger partial charge in [0.2, 0.25) is 5.78 Å². The average Bonchev–Trinajstić information content (AvgIpc) is 2.96. The van der Waals surface area contributed by atoms with E-state index in [-0.39, 0.29) is 5.78 Å². The smallest absolute Gasteiger partial charge is 0.209 e. The third kappa shape index (κ3) is 2.55. The molecule has 0 amide bonds. The Morgan fingerprint density at radius 2 is 1.64 bits per heavy atom. The van der Waals surface area contributed by atoms with Crippen LogP contribution in [-0.2, 0) is 0 Å². The van der Waals surface area contributed by atoms with Gasteiger partial charge in [-0.25, -0.2) is 0 Å². The number of aromatic amines is 1. The SMILES string of the molecule is COc1cc(OC)cc(C(=O)c2cc3cc(C)ccc3[nH]2)c1. The molecule has 0 spiro atoms. The Labute approximate surface area is 128 Å². The number of aromatic nitrogens is 1. The number of benzene rings is 2. The average molecular weight is 295 g/mol. The summed E-state index contributed by atoms with van der Waals surface area (Å²) in [5.74, 6) is 1.09. The minimum absolute atomic E-state index is 0.0916. The highest BCUT2D eigenvalue weighted by atomic mass is 16.5. The van der Waals surface area contributed by atoms with Crippen molar-refractivity contribution in [3.8, 4) is 11.5 Å². The fourth-order valence-electron chi connectivity index (χ4n) is 2.47. The van der Waals surface area contributed by atoms with Crippen molar-refractivity contribution in [1.29, 1.82) is 0 Å². The molecule has 2 aromatic carbocycles. The zero-order valence-electron chi connectivity index (χ0n) is 12.8. The summed E-state index contributed by atoms with van der Waals surface area (Å²) >= 11 is 0. The van der Waals surface area contributed by atoms with Crippen LogP contribution in [0.2, 0.25) is 0 Å². The molecule has 1 aromatic heterocycles. The maximum atomic E-state index is 12.7. The fraction of sp³-hybridized carbons (Fsp3) is 0.167. The number of carbonyl (C=O) groups is 1. The summed E-state index contributed by atoms with van der Waals surface area (Å²) in [6.07, 6.45) is 0. The molecule has 0 aliphatic carbocycles. The van der Waals surface area contributed by atoms with Crippen LogP contribution in [0.3, 0.4) is 0 Å². The van der Waals surface area contributed by atoms with E-state index in [2.05, 4.69) is 11.1 Å². The number of fused-ring (bicyclic) bond motifs is 1. The Balaban J connectivity index is 2.05. The molecule has 0 bridgehead atoms. The van der Waals surface area contributed by atoms with Crippen molar-refractivity contribution in [1.82, 2.24) is 4.98 Å². The molecule has 4 nitrogen and oxygen atoms in total. The third-order valence-electron chi connectivity index (χ3n) is 3.63. The van der Waals surface area contributed by atoms with Crippen LogP contribution in [0.5, 0.6) is 11.5 Å². The largest absolute Gasteiger partial charge is 0.497 e. The van der Waals surface area contributed by atoms with Gasteiger partial charge in [0.1, 0.15) is 11.5 Å². The third-order valence-corrected chi connectivity index (χ3v) is 3.63. The van der Waals surface area contributed by atoms with Crippen LogP contribution in [0.1, 0.15) is 21.6 Å². The van der Waals surface area contributed by atoms with Crippen molar-refractivity contribution < 1.29 is 14.3 Å². The number of methoxy groups -OCH3 is 2. The first-order valence-electron chi connectivity index (χ1n) is 6.98. The van der Waals surface area contributed by atoms with Crippen LogP contribution in [0.25, 0.3) is 10.9 Å². The van der Waals surface area contributed by atoms with Crippen LogP contribution in [-0.4, -0.2) is 25.0 Å². The van der Waals surface area contributed by atoms with E-state index in [1.807, 2.05) is 25.1 Å². The number of ketones is 1. The van der Waals surface area contributed by atoms with Crippen LogP contribution in [0.4, 0.5) is 0 Å². The summed E-state index contributed by atoms with van der Waals surface area (Å²) in [4.78, 5) is 15.9. The van der Waals surface area contributed by atoms with E-state index in [1.54, 1.807) is 32.4 Å². The highest BCUT2D eigenvalue weighted by Gasteiger charge is 2.14. The highest BCUT2D eigenvalue weighted by Crippen LogP contribution is 2.25. The van der Waals surface area contributed by atoms with Gasteiger partial charge in [-0.15, -0.1) is 0 Å². The summed E-state index contributed by atoms with van der Waals surface area (Å²) in [6.45, 7) is 2.03. The quantitative estimate of drug-likeness (QED) is 0.746. The van der Waals surface area contributed by atoms with Gasteiger partial charge in [0, 0.05) is 22.5 Å². The Kier molecular flexibility index (Phi) is 3.59. The van der Waals surface area contributed by atoms with Gasteiger partial charge in [-0.05, 0) is 37.3 Å². The molecule has 112 valence electrons. The molecular formula is C18H17NO3. The van der Waals surface area contributed by atoms with Gasteiger partial charge in [-0.1, -0.05) is 11.6 Å². The second-order valence-corrected chi connectivity index (χ2v) is 5.20. The van der Waals surface area contributed by atoms with Gasteiger partial charge >= 0.3 is 0 Å². The number of rotatable bonds is 4. The van der Waals surface area contributed by atoms with E-state index in [1.165, 1.54) is 0 Å². The number of nitrogens with one attached hydrogen (secondary N) is 1. The Morgan fingerprint density at radius 3 is 2.27 bits per heavy atom. The predicted molar refractivity (Wildman–Crippen MR) is 86.0 cm³/mol. The summed E-state index contributed by atoms with van der Waals surface area (Å²) in [5, 5.41) is 1.03. The molecule has 0 fully saturated rings. The van der Waals surface area contributed by atoms with Crippen molar-refractivity contribution in [2.75, 3.05) is 14.2 Å². The van der Waals surface area contributed by atoms with Crippen molar-refractivity contribution >= 4 is 16.7 Å². The molecule has 0 aliphatic heterocycles. The van der Waals surface area contributed by atoms with E-state index in [9.17, 15) is 4.79 Å². The second kappa shape index (κ2) is 5.56. The van der Waals surface area contributed by atoms with Crippen LogP contribution < -0.4 is 9.47 Å². The number of hydrogen-bond acceptors (Lipinski definition) is 3. The number of ether oxygens (including phenoxy) is 2. The van der Waals surface area contributed by atoms with E-state index >= 15 is 0 Å². The normalized spacial score (nSPS) is 10.7. The van der Waals surface area contributed by atoms with Gasteiger partial charge in [0.05, 0.1) is 19.9 Å². The minimum atomic E-state index is -0.0916. The van der Waals surface area contributed by atoms with Crippen LogP contribution in [0, 0.1) is 6.92 Å². The standard InChI is InChI=1S/C18H17NO3/c1-11-4-5-16-12(6-11)9-17(19-16)18(20)13-7-14(21-2)10-15(8-13)22-3/h4-10,19H,1-3H3. The van der Waals surface area contributed by atoms with E-state index in [0.29, 0.717) is 22.8 Å². The molecule has 0 unspecified atom stereocenters. The number of hydrogen-bond donors (Lipinski definition) is 1. The molecule has 1 heterocycles. The van der Waals surface area contributed by atoms with Gasteiger partial charge in [-0.3, -0.25) is 4.79 Å². The molecule has 0 radical (unpaired) electrons. The molecule has 3 rings (SSSR count). The van der Waals surface area contributed by atoms with Crippen molar-refractivity contribution in [3.05, 3.63) is 59.3 Å². The first-order valence-corrected chi connectivity index (χ1v) is 6.98. The molecule has 3 aromatic rings. The van der Waals surface area contributed by atoms with Gasteiger partial charge in [0.15, 0.2) is 0 Å². The molecule has 0 aliphatic rings. The summed E-state index contributed by atoms with van der Waals surface area (Å²) in [5.41, 5.74) is 3.19. The molecule has 4 heteroatoms. The first kappa shape index (κ1) is 14.2. The Bertz CT molecular complexity index is 826. The Hall–Kier alpha value is -2.75. The molecular weight excluding hydrogens is 278 g/mol. The van der Waals surface area contributed by atoms with E-state index in [4.69, 9.17) is 9.47 Å². The van der Waals surface area contributed by atoms with Crippen LogP contribution >= 0.6 is 0 Å². The van der Waals surface area contributed by atoms with Crippen molar-refractivity contribution in [2.24, 2.45) is 0 Å². The van der Waals surface area contributed by atoms with Gasteiger partial charge < -0.3 is 14.5 Å². The summed E-state index contributed by atoms with van der Waals surface area (Å²) < 4.78 is 10.4. The number of H-pyrrole nitrogens is 1. The molecule has 0 atom stereocenters. The van der Waals surface area contributed by atoms with Gasteiger partial charge in [0.25, 0.3) is 0 Å². The van der Waals surface area contributed by atoms with Gasteiger partial charge in [-0.2, -0.15) is 0 Å². The molecule has 22 heavy (non-hydrogen) atoms. The molecule has 0 saturated heterocycles. The zero-order chi connectivity index (χ0) is 15.7. The van der Waals surface area contributed by atoms with E-state index in [0.717, 1.165) is 16.5 Å². The zero-order valence-corrected chi connectivity index (χ0v) is 12.8. The van der Waals surface area contributed by atoms with Crippen LogP contribution in [0.15, 0.2) is 42.5 Å². The highest BCUT2D eigenvalue weighted by molar-refractivity contribution is 6.10. The fourth-order valence-corrected chi connectivity index (χ4v) is 2.47. The number of carbonyl (C=O) groups excluding carboxylic acids is 1. The lowest BCUT2D eigenvalue weighted by Crippen LogP contribution is -2.02.